The summed E-state index contributed by atoms with van der Waals surface area (Å²) in [7, 11) is -1.23. The van der Waals surface area contributed by atoms with Crippen molar-refractivity contribution in [2.45, 2.75) is 44.9 Å². The molecule has 0 heterocycles. The van der Waals surface area contributed by atoms with E-state index in [2.05, 4.69) is 26.9 Å². The molecule has 0 radical (unpaired) electrons. The Kier molecular flexibility index (Phi) is 4.99. The molecule has 1 rings (SSSR count). The summed E-state index contributed by atoms with van der Waals surface area (Å²) in [5.74, 6) is -0.431. The highest BCUT2D eigenvalue weighted by Crippen LogP contribution is 2.28. The Bertz CT molecular complexity index is 443. The van der Waals surface area contributed by atoms with Gasteiger partial charge in [0, 0.05) is 0 Å². The number of benzene rings is 1. The van der Waals surface area contributed by atoms with E-state index in [1.165, 1.54) is 0 Å². The average Bonchev–Trinajstić information content (AvgIpc) is 2.25. The van der Waals surface area contributed by atoms with E-state index in [1.54, 1.807) is 6.07 Å². The van der Waals surface area contributed by atoms with Crippen molar-refractivity contribution in [2.24, 2.45) is 5.73 Å². The second-order valence-corrected chi connectivity index (χ2v) is 11.8. The van der Waals surface area contributed by atoms with Crippen molar-refractivity contribution in [2.75, 3.05) is 0 Å². The maximum absolute atomic E-state index is 11.5. The van der Waals surface area contributed by atoms with Crippen LogP contribution in [-0.2, 0) is 6.42 Å². The molecule has 0 spiro atoms. The molecule has 0 bridgehead atoms. The molecule has 0 unspecified atom stereocenters. The number of carbonyl (C=O) groups is 1. The van der Waals surface area contributed by atoms with Gasteiger partial charge in [-0.2, -0.15) is 0 Å². The molecule has 2 N–H and O–H groups in total. The van der Waals surface area contributed by atoms with Gasteiger partial charge in [0.05, 0.1) is 18.7 Å². The Hall–Kier alpha value is -0.803. The van der Waals surface area contributed by atoms with Crippen LogP contribution in [0.2, 0.25) is 29.7 Å². The first-order valence-electron chi connectivity index (χ1n) is 6.33. The fourth-order valence-electron chi connectivity index (χ4n) is 1.80. The lowest BCUT2D eigenvalue weighted by atomic mass is 10.0. The quantitative estimate of drug-likeness (QED) is 0.812. The standard InChI is InChI=1S/C14H22ClNOSi/c1-10(2)18(3,4)9-8-11-6-5-7-12(15)13(11)14(16)17/h5-7,10H,8-9H2,1-4H3,(H2,16,17). The van der Waals surface area contributed by atoms with Crippen LogP contribution in [0.15, 0.2) is 18.2 Å². The summed E-state index contributed by atoms with van der Waals surface area (Å²) >= 11 is 6.05. The molecule has 0 saturated carbocycles. The summed E-state index contributed by atoms with van der Waals surface area (Å²) in [5, 5.41) is 0.462. The highest BCUT2D eigenvalue weighted by Gasteiger charge is 2.25. The zero-order chi connectivity index (χ0) is 13.9. The summed E-state index contributed by atoms with van der Waals surface area (Å²) in [6, 6.07) is 6.70. The van der Waals surface area contributed by atoms with E-state index in [0.717, 1.165) is 23.6 Å². The predicted octanol–water partition coefficient (Wildman–Crippen LogP) is 4.10. The van der Waals surface area contributed by atoms with Crippen molar-refractivity contribution < 1.29 is 4.79 Å². The zero-order valence-corrected chi connectivity index (χ0v) is 13.3. The lowest BCUT2D eigenvalue weighted by molar-refractivity contribution is 0.0999. The van der Waals surface area contributed by atoms with E-state index in [4.69, 9.17) is 17.3 Å². The Balaban J connectivity index is 2.92. The first-order valence-corrected chi connectivity index (χ1v) is 9.99. The molecular formula is C14H22ClNOSi. The number of nitrogens with two attached hydrogens (primary N) is 1. The number of carbonyl (C=O) groups excluding carboxylic acids is 1. The average molecular weight is 284 g/mol. The van der Waals surface area contributed by atoms with Gasteiger partial charge < -0.3 is 5.73 Å². The Labute approximate surface area is 116 Å². The van der Waals surface area contributed by atoms with Crippen LogP contribution in [0.4, 0.5) is 0 Å². The van der Waals surface area contributed by atoms with Crippen molar-refractivity contribution in [1.82, 2.24) is 0 Å². The number of hydrogen-bond acceptors (Lipinski definition) is 1. The molecule has 0 atom stereocenters. The molecule has 0 aromatic heterocycles. The van der Waals surface area contributed by atoms with E-state index >= 15 is 0 Å². The number of hydrogen-bond donors (Lipinski definition) is 1. The van der Waals surface area contributed by atoms with E-state index < -0.39 is 14.0 Å². The van der Waals surface area contributed by atoms with E-state index in [0.29, 0.717) is 10.6 Å². The molecule has 18 heavy (non-hydrogen) atoms. The topological polar surface area (TPSA) is 43.1 Å². The zero-order valence-electron chi connectivity index (χ0n) is 11.6. The van der Waals surface area contributed by atoms with Gasteiger partial charge in [0.2, 0.25) is 5.91 Å². The van der Waals surface area contributed by atoms with Gasteiger partial charge in [-0.3, -0.25) is 4.79 Å². The molecule has 0 aliphatic carbocycles. The van der Waals surface area contributed by atoms with Crippen LogP contribution in [0.1, 0.15) is 29.8 Å². The van der Waals surface area contributed by atoms with Crippen LogP contribution < -0.4 is 5.73 Å². The minimum atomic E-state index is -1.23. The van der Waals surface area contributed by atoms with Gasteiger partial charge in [-0.25, -0.2) is 0 Å². The third kappa shape index (κ3) is 3.59. The van der Waals surface area contributed by atoms with Crippen LogP contribution in [0, 0.1) is 0 Å². The lowest BCUT2D eigenvalue weighted by Crippen LogP contribution is -2.30. The van der Waals surface area contributed by atoms with Crippen molar-refractivity contribution in [3.8, 4) is 0 Å². The molecule has 1 amide bonds. The first-order chi connectivity index (χ1) is 8.25. The fourth-order valence-corrected chi connectivity index (χ4v) is 3.58. The molecule has 100 valence electrons. The van der Waals surface area contributed by atoms with Crippen LogP contribution >= 0.6 is 11.6 Å². The van der Waals surface area contributed by atoms with Gasteiger partial charge in [0.15, 0.2) is 0 Å². The summed E-state index contributed by atoms with van der Waals surface area (Å²) in [5.41, 5.74) is 7.61. The molecular weight excluding hydrogens is 262 g/mol. The van der Waals surface area contributed by atoms with Crippen LogP contribution in [-0.4, -0.2) is 14.0 Å². The van der Waals surface area contributed by atoms with E-state index in [-0.39, 0.29) is 0 Å². The van der Waals surface area contributed by atoms with Gasteiger partial charge in [-0.15, -0.1) is 0 Å². The van der Waals surface area contributed by atoms with Crippen LogP contribution in [0.3, 0.4) is 0 Å². The summed E-state index contributed by atoms with van der Waals surface area (Å²) in [6.45, 7) is 9.32. The fraction of sp³-hybridized carbons (Fsp3) is 0.500. The van der Waals surface area contributed by atoms with Gasteiger partial charge in [0.1, 0.15) is 0 Å². The van der Waals surface area contributed by atoms with Crippen molar-refractivity contribution in [1.29, 1.82) is 0 Å². The predicted molar refractivity (Wildman–Crippen MR) is 81.1 cm³/mol. The molecule has 0 aliphatic heterocycles. The van der Waals surface area contributed by atoms with Crippen molar-refractivity contribution in [3.05, 3.63) is 34.3 Å². The molecule has 0 aliphatic rings. The number of primary amides is 1. The van der Waals surface area contributed by atoms with E-state index in [1.807, 2.05) is 12.1 Å². The van der Waals surface area contributed by atoms with Crippen LogP contribution in [0.25, 0.3) is 0 Å². The minimum absolute atomic E-state index is 0.431. The van der Waals surface area contributed by atoms with Crippen molar-refractivity contribution in [3.63, 3.8) is 0 Å². The number of amides is 1. The SMILES string of the molecule is CC(C)[Si](C)(C)CCc1cccc(Cl)c1C(N)=O. The minimum Gasteiger partial charge on any atom is -0.366 e. The summed E-state index contributed by atoms with van der Waals surface area (Å²) in [6.07, 6.45) is 0.885. The molecule has 1 aromatic carbocycles. The normalized spacial score (nSPS) is 11.9. The van der Waals surface area contributed by atoms with Gasteiger partial charge >= 0.3 is 0 Å². The highest BCUT2D eigenvalue weighted by molar-refractivity contribution is 6.78. The van der Waals surface area contributed by atoms with E-state index in [9.17, 15) is 4.79 Å². The Morgan fingerprint density at radius 2 is 2.00 bits per heavy atom. The maximum Gasteiger partial charge on any atom is 0.250 e. The summed E-state index contributed by atoms with van der Waals surface area (Å²) in [4.78, 5) is 11.5. The smallest absolute Gasteiger partial charge is 0.250 e. The number of aryl methyl sites for hydroxylation is 1. The maximum atomic E-state index is 11.5. The molecule has 2 nitrogen and oxygen atoms in total. The van der Waals surface area contributed by atoms with Crippen LogP contribution in [0.5, 0.6) is 0 Å². The first kappa shape index (κ1) is 15.3. The number of halogens is 1. The van der Waals surface area contributed by atoms with Gasteiger partial charge in [-0.05, 0) is 18.1 Å². The molecule has 0 saturated heterocycles. The van der Waals surface area contributed by atoms with Gasteiger partial charge in [0.25, 0.3) is 0 Å². The van der Waals surface area contributed by atoms with Gasteiger partial charge in [-0.1, -0.05) is 62.3 Å². The largest absolute Gasteiger partial charge is 0.366 e. The second kappa shape index (κ2) is 5.89. The number of rotatable bonds is 5. The monoisotopic (exact) mass is 283 g/mol. The molecule has 0 fully saturated rings. The lowest BCUT2D eigenvalue weighted by Gasteiger charge is -2.27. The summed E-state index contributed by atoms with van der Waals surface area (Å²) < 4.78 is 0. The van der Waals surface area contributed by atoms with Crippen molar-refractivity contribution >= 4 is 25.6 Å². The Morgan fingerprint density at radius 1 is 1.39 bits per heavy atom. The molecule has 1 aromatic rings. The second-order valence-electron chi connectivity index (χ2n) is 5.78. The molecule has 4 heteroatoms. The Morgan fingerprint density at radius 3 is 2.50 bits per heavy atom. The highest BCUT2D eigenvalue weighted by atomic mass is 35.5. The third-order valence-corrected chi connectivity index (χ3v) is 8.93. The third-order valence-electron chi connectivity index (χ3n) is 3.95.